The lowest BCUT2D eigenvalue weighted by molar-refractivity contribution is -0.192. The number of carboxylic acids is 1. The quantitative estimate of drug-likeness (QED) is 0.621. The molecular formula is C19H23ClF3N3O4. The van der Waals surface area contributed by atoms with Crippen LogP contribution in [0.1, 0.15) is 18.5 Å². The van der Waals surface area contributed by atoms with Gasteiger partial charge in [0, 0.05) is 19.2 Å². The molecule has 1 aromatic carbocycles. The average molecular weight is 450 g/mol. The summed E-state index contributed by atoms with van der Waals surface area (Å²) in [6, 6.07) is 7.56. The van der Waals surface area contributed by atoms with Crippen molar-refractivity contribution in [3.05, 3.63) is 41.2 Å². The molecule has 166 valence electrons. The Morgan fingerprint density at radius 2 is 2.00 bits per heavy atom. The molecule has 3 rings (SSSR count). The number of benzene rings is 1. The predicted octanol–water partition coefficient (Wildman–Crippen LogP) is 3.49. The van der Waals surface area contributed by atoms with E-state index in [0.29, 0.717) is 24.1 Å². The van der Waals surface area contributed by atoms with Crippen molar-refractivity contribution in [3.63, 3.8) is 0 Å². The normalized spacial score (nSPS) is 15.9. The first kappa shape index (κ1) is 24.1. The third kappa shape index (κ3) is 6.98. The number of carbonyl (C=O) groups is 1. The number of oxazole rings is 1. The number of hydrogen-bond donors (Lipinski definition) is 3. The first-order valence-electron chi connectivity index (χ1n) is 9.11. The highest BCUT2D eigenvalue weighted by Crippen LogP contribution is 2.27. The Balaban J connectivity index is 0.000000396. The van der Waals surface area contributed by atoms with Gasteiger partial charge in [0.25, 0.3) is 0 Å². The van der Waals surface area contributed by atoms with Gasteiger partial charge in [0.2, 0.25) is 5.89 Å². The number of halogens is 4. The predicted molar refractivity (Wildman–Crippen MR) is 104 cm³/mol. The molecule has 1 aliphatic heterocycles. The Morgan fingerprint density at radius 1 is 1.37 bits per heavy atom. The molecule has 0 radical (unpaired) electrons. The minimum atomic E-state index is -5.08. The van der Waals surface area contributed by atoms with Gasteiger partial charge in [0.1, 0.15) is 6.26 Å². The molecule has 0 unspecified atom stereocenters. The van der Waals surface area contributed by atoms with E-state index in [-0.39, 0.29) is 5.54 Å². The molecule has 1 fully saturated rings. The molecule has 0 amide bonds. The van der Waals surface area contributed by atoms with Crippen molar-refractivity contribution in [3.8, 4) is 11.5 Å². The number of carboxylic acid groups (broad SMARTS) is 1. The molecule has 11 heteroatoms. The molecule has 0 aliphatic carbocycles. The van der Waals surface area contributed by atoms with E-state index < -0.39 is 12.1 Å². The fraction of sp³-hybridized carbons (Fsp3) is 0.474. The van der Waals surface area contributed by atoms with Gasteiger partial charge in [-0.2, -0.15) is 13.2 Å². The number of aromatic nitrogens is 1. The molecule has 3 N–H and O–H groups in total. The van der Waals surface area contributed by atoms with Crippen LogP contribution < -0.4 is 10.6 Å². The van der Waals surface area contributed by atoms with E-state index in [1.807, 2.05) is 24.3 Å². The Hall–Kier alpha value is -2.14. The second-order valence-corrected chi connectivity index (χ2v) is 7.15. The van der Waals surface area contributed by atoms with E-state index in [1.54, 1.807) is 13.4 Å². The first-order valence-corrected chi connectivity index (χ1v) is 9.49. The van der Waals surface area contributed by atoms with Crippen molar-refractivity contribution >= 4 is 17.6 Å². The largest absolute Gasteiger partial charge is 0.490 e. The minimum absolute atomic E-state index is 0.00348. The molecule has 0 atom stereocenters. The standard InChI is InChI=1S/C17H22ClN3O2.C2HF3O2/c1-22-12-17(6-8-19-9-7-17)20-10-13-11-23-16(21-13)14-4-2-3-5-15(14)18;3-2(4,5)1(6)7/h2-5,11,19-20H,6-10,12H2,1H3;(H,6,7). The maximum Gasteiger partial charge on any atom is 0.490 e. The zero-order valence-electron chi connectivity index (χ0n) is 16.3. The third-order valence-corrected chi connectivity index (χ3v) is 4.85. The number of nitrogens with one attached hydrogen (secondary N) is 2. The lowest BCUT2D eigenvalue weighted by atomic mass is 9.89. The second-order valence-electron chi connectivity index (χ2n) is 6.74. The summed E-state index contributed by atoms with van der Waals surface area (Å²) in [5, 5.41) is 14.8. The number of hydrogen-bond acceptors (Lipinski definition) is 6. The molecule has 0 spiro atoms. The van der Waals surface area contributed by atoms with Crippen LogP contribution in [0.5, 0.6) is 0 Å². The van der Waals surface area contributed by atoms with Crippen LogP contribution in [0.4, 0.5) is 13.2 Å². The van der Waals surface area contributed by atoms with Crippen molar-refractivity contribution in [2.45, 2.75) is 31.1 Å². The summed E-state index contributed by atoms with van der Waals surface area (Å²) in [4.78, 5) is 13.4. The van der Waals surface area contributed by atoms with Gasteiger partial charge in [0.15, 0.2) is 0 Å². The summed E-state index contributed by atoms with van der Waals surface area (Å²) in [7, 11) is 1.75. The van der Waals surface area contributed by atoms with Gasteiger partial charge in [-0.25, -0.2) is 9.78 Å². The lowest BCUT2D eigenvalue weighted by Gasteiger charge is -2.37. The zero-order chi connectivity index (χ0) is 22.2. The Bertz CT molecular complexity index is 818. The van der Waals surface area contributed by atoms with Crippen LogP contribution in [-0.2, 0) is 16.1 Å². The number of ether oxygens (including phenoxy) is 1. The maximum atomic E-state index is 10.6. The molecule has 2 aromatic rings. The van der Waals surface area contributed by atoms with Crippen LogP contribution in [-0.4, -0.2) is 54.6 Å². The molecule has 7 nitrogen and oxygen atoms in total. The van der Waals surface area contributed by atoms with Gasteiger partial charge in [0.05, 0.1) is 22.9 Å². The van der Waals surface area contributed by atoms with Crippen molar-refractivity contribution in [2.24, 2.45) is 0 Å². The highest BCUT2D eigenvalue weighted by Gasteiger charge is 2.38. The van der Waals surface area contributed by atoms with Crippen LogP contribution in [0, 0.1) is 0 Å². The van der Waals surface area contributed by atoms with E-state index in [0.717, 1.165) is 37.2 Å². The van der Waals surface area contributed by atoms with E-state index >= 15 is 0 Å². The molecule has 1 aliphatic rings. The van der Waals surface area contributed by atoms with Crippen LogP contribution in [0.2, 0.25) is 5.02 Å². The molecule has 2 heterocycles. The number of aliphatic carboxylic acids is 1. The van der Waals surface area contributed by atoms with Gasteiger partial charge < -0.3 is 24.9 Å². The summed E-state index contributed by atoms with van der Waals surface area (Å²) in [6.45, 7) is 3.35. The highest BCUT2D eigenvalue weighted by atomic mass is 35.5. The Kier molecular flexibility index (Phi) is 8.65. The van der Waals surface area contributed by atoms with Crippen LogP contribution in [0.25, 0.3) is 11.5 Å². The van der Waals surface area contributed by atoms with Crippen molar-refractivity contribution in [2.75, 3.05) is 26.8 Å². The fourth-order valence-electron chi connectivity index (χ4n) is 2.98. The second kappa shape index (κ2) is 10.8. The molecule has 30 heavy (non-hydrogen) atoms. The summed E-state index contributed by atoms with van der Waals surface area (Å²) in [5.74, 6) is -2.20. The number of nitrogens with zero attached hydrogens (tertiary/aromatic N) is 1. The molecule has 0 saturated carbocycles. The van der Waals surface area contributed by atoms with Gasteiger partial charge in [-0.15, -0.1) is 0 Å². The molecule has 1 aromatic heterocycles. The van der Waals surface area contributed by atoms with E-state index in [4.69, 9.17) is 30.7 Å². The Morgan fingerprint density at radius 3 is 2.57 bits per heavy atom. The van der Waals surface area contributed by atoms with Gasteiger partial charge >= 0.3 is 12.1 Å². The van der Waals surface area contributed by atoms with Crippen LogP contribution in [0.15, 0.2) is 34.9 Å². The summed E-state index contributed by atoms with van der Waals surface area (Å²) in [5.41, 5.74) is 1.69. The molecule has 0 bridgehead atoms. The highest BCUT2D eigenvalue weighted by molar-refractivity contribution is 6.33. The van der Waals surface area contributed by atoms with Crippen molar-refractivity contribution in [1.82, 2.24) is 15.6 Å². The van der Waals surface area contributed by atoms with Gasteiger partial charge in [-0.3, -0.25) is 0 Å². The number of methoxy groups -OCH3 is 1. The Labute approximate surface area is 176 Å². The first-order chi connectivity index (χ1) is 14.2. The summed E-state index contributed by atoms with van der Waals surface area (Å²) >= 11 is 6.19. The van der Waals surface area contributed by atoms with Gasteiger partial charge in [-0.05, 0) is 38.1 Å². The smallest absolute Gasteiger partial charge is 0.475 e. The number of rotatable bonds is 6. The van der Waals surface area contributed by atoms with Crippen molar-refractivity contribution in [1.29, 1.82) is 0 Å². The monoisotopic (exact) mass is 449 g/mol. The number of alkyl halides is 3. The summed E-state index contributed by atoms with van der Waals surface area (Å²) in [6.07, 6.45) is -1.32. The molecular weight excluding hydrogens is 427 g/mol. The fourth-order valence-corrected chi connectivity index (χ4v) is 3.19. The summed E-state index contributed by atoms with van der Waals surface area (Å²) < 4.78 is 42.7. The van der Waals surface area contributed by atoms with Crippen molar-refractivity contribution < 1.29 is 32.2 Å². The van der Waals surface area contributed by atoms with E-state index in [2.05, 4.69) is 15.6 Å². The van der Waals surface area contributed by atoms with Gasteiger partial charge in [-0.1, -0.05) is 23.7 Å². The van der Waals surface area contributed by atoms with Crippen LogP contribution in [0.3, 0.4) is 0 Å². The lowest BCUT2D eigenvalue weighted by Crippen LogP contribution is -2.55. The minimum Gasteiger partial charge on any atom is -0.475 e. The van der Waals surface area contributed by atoms with E-state index in [1.165, 1.54) is 0 Å². The van der Waals surface area contributed by atoms with E-state index in [9.17, 15) is 13.2 Å². The van der Waals surface area contributed by atoms with Crippen LogP contribution >= 0.6 is 11.6 Å². The number of piperidine rings is 1. The average Bonchev–Trinajstić information content (AvgIpc) is 3.16. The topological polar surface area (TPSA) is 96.6 Å². The zero-order valence-corrected chi connectivity index (χ0v) is 17.0. The SMILES string of the molecule is COCC1(NCc2coc(-c3ccccc3Cl)n2)CCNCC1.O=C(O)C(F)(F)F. The maximum absolute atomic E-state index is 10.6. The molecule has 1 saturated heterocycles. The third-order valence-electron chi connectivity index (χ3n) is 4.52.